The molecule has 5 nitrogen and oxygen atoms in total. The molecule has 6 heteroatoms. The molecule has 0 saturated carbocycles. The van der Waals surface area contributed by atoms with Crippen LogP contribution in [-0.2, 0) is 9.59 Å². The molecule has 28 heavy (non-hydrogen) atoms. The van der Waals surface area contributed by atoms with Crippen LogP contribution in [0, 0.1) is 6.92 Å². The summed E-state index contributed by atoms with van der Waals surface area (Å²) in [6.07, 6.45) is 4.30. The van der Waals surface area contributed by atoms with Gasteiger partial charge in [-0.15, -0.1) is 6.58 Å². The van der Waals surface area contributed by atoms with Crippen molar-refractivity contribution in [2.24, 2.45) is 0 Å². The second-order valence-electron chi connectivity index (χ2n) is 8.27. The smallest absolute Gasteiger partial charge is 0.265 e. The summed E-state index contributed by atoms with van der Waals surface area (Å²) in [5.41, 5.74) is 4.52. The Hall–Kier alpha value is -2.47. The van der Waals surface area contributed by atoms with Crippen LogP contribution in [0.15, 0.2) is 30.4 Å². The maximum absolute atomic E-state index is 12.8. The van der Waals surface area contributed by atoms with E-state index in [0.29, 0.717) is 5.92 Å². The topological polar surface area (TPSA) is 52.7 Å². The van der Waals surface area contributed by atoms with Gasteiger partial charge in [-0.25, -0.2) is 0 Å². The van der Waals surface area contributed by atoms with Gasteiger partial charge in [-0.1, -0.05) is 13.0 Å². The first-order valence-electron chi connectivity index (χ1n) is 9.45. The Morgan fingerprint density at radius 1 is 1.36 bits per heavy atom. The van der Waals surface area contributed by atoms with E-state index < -0.39 is 11.8 Å². The van der Waals surface area contributed by atoms with Gasteiger partial charge in [0.1, 0.15) is 5.57 Å². The minimum absolute atomic E-state index is 0.0823. The molecular weight excluding hydrogens is 370 g/mol. The Bertz CT molecular complexity index is 917. The zero-order valence-electron chi connectivity index (χ0n) is 17.1. The van der Waals surface area contributed by atoms with E-state index >= 15 is 0 Å². The number of nitrogens with one attached hydrogen (secondary N) is 1. The third kappa shape index (κ3) is 3.37. The van der Waals surface area contributed by atoms with Gasteiger partial charge in [0.15, 0.2) is 5.11 Å². The summed E-state index contributed by atoms with van der Waals surface area (Å²) in [4.78, 5) is 28.9. The van der Waals surface area contributed by atoms with Crippen molar-refractivity contribution in [1.82, 2.24) is 10.2 Å². The molecule has 2 aliphatic heterocycles. The molecule has 2 heterocycles. The number of hydrogen-bond donors (Lipinski definition) is 1. The molecular formula is C22H27N3O2S. The SMILES string of the molecule is C=CCN1C(=O)/C(=C/c2cc3c(cc2C)N(C)C(C)(C)CC3C)C(=O)NC1=S. The molecule has 148 valence electrons. The van der Waals surface area contributed by atoms with Crippen molar-refractivity contribution in [3.63, 3.8) is 0 Å². The molecule has 1 fully saturated rings. The van der Waals surface area contributed by atoms with E-state index in [4.69, 9.17) is 12.2 Å². The number of hydrogen-bond acceptors (Lipinski definition) is 4. The number of benzene rings is 1. The van der Waals surface area contributed by atoms with Crippen LogP contribution in [0.2, 0.25) is 0 Å². The van der Waals surface area contributed by atoms with Gasteiger partial charge in [0.05, 0.1) is 0 Å². The first-order chi connectivity index (χ1) is 13.1. The van der Waals surface area contributed by atoms with E-state index in [9.17, 15) is 9.59 Å². The number of fused-ring (bicyclic) bond motifs is 1. The van der Waals surface area contributed by atoms with Crippen molar-refractivity contribution >= 4 is 40.9 Å². The molecule has 1 unspecified atom stereocenters. The third-order valence-corrected chi connectivity index (χ3v) is 6.14. The van der Waals surface area contributed by atoms with Crippen molar-refractivity contribution < 1.29 is 9.59 Å². The largest absolute Gasteiger partial charge is 0.369 e. The van der Waals surface area contributed by atoms with Crippen molar-refractivity contribution in [2.75, 3.05) is 18.5 Å². The Kier molecular flexibility index (Phi) is 5.19. The van der Waals surface area contributed by atoms with Crippen LogP contribution in [0.25, 0.3) is 6.08 Å². The number of nitrogens with zero attached hydrogens (tertiary/aromatic N) is 2. The van der Waals surface area contributed by atoms with E-state index in [-0.39, 0.29) is 22.8 Å². The number of anilines is 1. The van der Waals surface area contributed by atoms with Gasteiger partial charge in [0, 0.05) is 24.8 Å². The Labute approximate surface area is 172 Å². The van der Waals surface area contributed by atoms with E-state index in [1.54, 1.807) is 12.2 Å². The number of aryl methyl sites for hydroxylation is 1. The normalized spacial score (nSPS) is 23.0. The number of amides is 2. The lowest BCUT2D eigenvalue weighted by Gasteiger charge is -2.45. The van der Waals surface area contributed by atoms with Gasteiger partial charge < -0.3 is 4.90 Å². The third-order valence-electron chi connectivity index (χ3n) is 5.82. The van der Waals surface area contributed by atoms with Crippen LogP contribution in [0.4, 0.5) is 5.69 Å². The van der Waals surface area contributed by atoms with E-state index in [1.807, 2.05) is 6.92 Å². The minimum atomic E-state index is -0.460. The number of rotatable bonds is 3. The highest BCUT2D eigenvalue weighted by atomic mass is 32.1. The quantitative estimate of drug-likeness (QED) is 0.367. The highest BCUT2D eigenvalue weighted by Crippen LogP contribution is 2.43. The average molecular weight is 398 g/mol. The molecule has 0 aliphatic carbocycles. The zero-order chi connectivity index (χ0) is 20.8. The van der Waals surface area contributed by atoms with Gasteiger partial charge in [-0.05, 0) is 80.2 Å². The fraction of sp³-hybridized carbons (Fsp3) is 0.409. The first kappa shape index (κ1) is 20.3. The molecule has 1 aromatic carbocycles. The molecule has 0 bridgehead atoms. The fourth-order valence-electron chi connectivity index (χ4n) is 4.03. The highest BCUT2D eigenvalue weighted by Gasteiger charge is 2.35. The van der Waals surface area contributed by atoms with Gasteiger partial charge >= 0.3 is 0 Å². The van der Waals surface area contributed by atoms with E-state index in [2.05, 4.69) is 56.7 Å². The maximum Gasteiger partial charge on any atom is 0.265 e. The summed E-state index contributed by atoms with van der Waals surface area (Å²) in [5.74, 6) is -0.463. The lowest BCUT2D eigenvalue weighted by molar-refractivity contribution is -0.128. The Balaban J connectivity index is 2.06. The molecule has 1 atom stereocenters. The van der Waals surface area contributed by atoms with E-state index in [1.165, 1.54) is 16.2 Å². The van der Waals surface area contributed by atoms with Crippen LogP contribution in [0.5, 0.6) is 0 Å². The number of carbonyl (C=O) groups excluding carboxylic acids is 2. The number of thiocarbonyl (C=S) groups is 1. The summed E-state index contributed by atoms with van der Waals surface area (Å²) >= 11 is 5.11. The standard InChI is InChI=1S/C22H27N3O2S/c1-7-8-25-20(27)17(19(26)23-21(25)28)11-15-10-16-14(3)12-22(4,5)24(6)18(16)9-13(15)2/h7,9-11,14H,1,8,12H2,2-6H3,(H,23,26,28)/b17-11+. The van der Waals surface area contributed by atoms with Gasteiger partial charge in [0.2, 0.25) is 0 Å². The van der Waals surface area contributed by atoms with Gasteiger partial charge in [-0.2, -0.15) is 0 Å². The monoisotopic (exact) mass is 397 g/mol. The molecule has 0 aromatic heterocycles. The molecule has 2 aliphatic rings. The number of carbonyl (C=O) groups is 2. The molecule has 3 rings (SSSR count). The fourth-order valence-corrected chi connectivity index (χ4v) is 4.28. The minimum Gasteiger partial charge on any atom is -0.369 e. The zero-order valence-corrected chi connectivity index (χ0v) is 17.9. The van der Waals surface area contributed by atoms with Gasteiger partial charge in [0.25, 0.3) is 11.8 Å². The van der Waals surface area contributed by atoms with Crippen molar-refractivity contribution in [3.8, 4) is 0 Å². The first-order valence-corrected chi connectivity index (χ1v) is 9.85. The molecule has 1 N–H and O–H groups in total. The molecule has 1 aromatic rings. The van der Waals surface area contributed by atoms with Crippen molar-refractivity contribution in [3.05, 3.63) is 47.1 Å². The summed E-state index contributed by atoms with van der Waals surface area (Å²) in [5, 5.41) is 2.71. The van der Waals surface area contributed by atoms with Crippen molar-refractivity contribution in [2.45, 2.75) is 45.6 Å². The molecule has 0 radical (unpaired) electrons. The summed E-state index contributed by atoms with van der Waals surface area (Å²) in [7, 11) is 2.12. The summed E-state index contributed by atoms with van der Waals surface area (Å²) in [6.45, 7) is 12.6. The maximum atomic E-state index is 12.8. The summed E-state index contributed by atoms with van der Waals surface area (Å²) in [6, 6.07) is 4.26. The molecule has 2 amide bonds. The second kappa shape index (κ2) is 7.17. The van der Waals surface area contributed by atoms with Crippen LogP contribution in [-0.4, -0.2) is 41.0 Å². The second-order valence-corrected chi connectivity index (χ2v) is 8.65. The van der Waals surface area contributed by atoms with Crippen molar-refractivity contribution in [1.29, 1.82) is 0 Å². The lowest BCUT2D eigenvalue weighted by Crippen LogP contribution is -2.53. The molecule has 1 saturated heterocycles. The van der Waals surface area contributed by atoms with Crippen LogP contribution in [0.3, 0.4) is 0 Å². The van der Waals surface area contributed by atoms with Crippen LogP contribution >= 0.6 is 12.2 Å². The molecule has 0 spiro atoms. The lowest BCUT2D eigenvalue weighted by atomic mass is 9.79. The predicted molar refractivity (Wildman–Crippen MR) is 117 cm³/mol. The average Bonchev–Trinajstić information content (AvgIpc) is 2.60. The Morgan fingerprint density at radius 3 is 2.68 bits per heavy atom. The van der Waals surface area contributed by atoms with Crippen LogP contribution in [0.1, 0.15) is 49.8 Å². The van der Waals surface area contributed by atoms with Crippen LogP contribution < -0.4 is 10.2 Å². The Morgan fingerprint density at radius 2 is 2.04 bits per heavy atom. The summed E-state index contributed by atoms with van der Waals surface area (Å²) < 4.78 is 0. The van der Waals surface area contributed by atoms with E-state index in [0.717, 1.165) is 17.5 Å². The highest BCUT2D eigenvalue weighted by molar-refractivity contribution is 7.80. The van der Waals surface area contributed by atoms with Gasteiger partial charge in [-0.3, -0.25) is 19.8 Å². The predicted octanol–water partition coefficient (Wildman–Crippen LogP) is 3.53.